The summed E-state index contributed by atoms with van der Waals surface area (Å²) in [5.74, 6) is 9.11. The summed E-state index contributed by atoms with van der Waals surface area (Å²) in [6.45, 7) is 6.95. The Bertz CT molecular complexity index is 701. The third-order valence-electron chi connectivity index (χ3n) is 3.16. The first kappa shape index (κ1) is 14.2. The first-order chi connectivity index (χ1) is 9.50. The van der Waals surface area contributed by atoms with Crippen molar-refractivity contribution in [3.05, 3.63) is 65.2 Å². The molecular weight excluding hydrogens is 256 g/mol. The predicted molar refractivity (Wildman–Crippen MR) is 89.8 cm³/mol. The second kappa shape index (κ2) is 5.82. The maximum Gasteiger partial charge on any atom is 0.0776 e. The van der Waals surface area contributed by atoms with Gasteiger partial charge in [0.2, 0.25) is 0 Å². The van der Waals surface area contributed by atoms with Crippen LogP contribution in [0, 0.1) is 24.2 Å². The first-order valence-corrected chi connectivity index (χ1v) is 10.2. The Morgan fingerprint density at radius 1 is 0.850 bits per heavy atom. The molecule has 0 N–H and O–H groups in total. The Hall–Kier alpha value is -2.22. The average molecular weight is 274 g/mol. The lowest BCUT2D eigenvalue weighted by molar-refractivity contribution is 1.58. The maximum atomic E-state index is 5.63. The van der Waals surface area contributed by atoms with E-state index >= 15 is 0 Å². The van der Waals surface area contributed by atoms with Gasteiger partial charge in [0.1, 0.15) is 0 Å². The van der Waals surface area contributed by atoms with Gasteiger partial charge in [-0.15, -0.1) is 6.42 Å². The van der Waals surface area contributed by atoms with Crippen molar-refractivity contribution in [1.82, 2.24) is 0 Å². The lowest BCUT2D eigenvalue weighted by Crippen LogP contribution is -2.37. The number of hydrogen-bond donors (Lipinski definition) is 0. The molecule has 20 heavy (non-hydrogen) atoms. The molecule has 0 aromatic heterocycles. The van der Waals surface area contributed by atoms with Crippen LogP contribution in [0.3, 0.4) is 0 Å². The van der Waals surface area contributed by atoms with Crippen molar-refractivity contribution < 1.29 is 0 Å². The summed E-state index contributed by atoms with van der Waals surface area (Å²) in [6.07, 6.45) is 5.63. The fourth-order valence-electron chi connectivity index (χ4n) is 1.90. The molecule has 1 heteroatoms. The molecule has 0 bridgehead atoms. The van der Waals surface area contributed by atoms with E-state index in [1.807, 2.05) is 30.3 Å². The summed E-state index contributed by atoms with van der Waals surface area (Å²) in [5.41, 5.74) is 2.83. The summed E-state index contributed by atoms with van der Waals surface area (Å²) < 4.78 is 0. The Morgan fingerprint density at radius 3 is 2.15 bits per heavy atom. The van der Waals surface area contributed by atoms with Crippen LogP contribution in [0.2, 0.25) is 19.6 Å². The fraction of sp³-hybridized carbons (Fsp3) is 0.158. The van der Waals surface area contributed by atoms with Gasteiger partial charge in [0.05, 0.1) is 8.07 Å². The first-order valence-electron chi connectivity index (χ1n) is 6.69. The third-order valence-corrected chi connectivity index (χ3v) is 5.20. The number of hydrogen-bond acceptors (Lipinski definition) is 0. The van der Waals surface area contributed by atoms with Crippen molar-refractivity contribution in [3.63, 3.8) is 0 Å². The van der Waals surface area contributed by atoms with Crippen molar-refractivity contribution >= 4 is 13.3 Å². The molecule has 0 heterocycles. The van der Waals surface area contributed by atoms with Crippen molar-refractivity contribution in [2.45, 2.75) is 19.6 Å². The Labute approximate surface area is 122 Å². The van der Waals surface area contributed by atoms with Crippen LogP contribution in [0.1, 0.15) is 16.7 Å². The minimum Gasteiger partial charge on any atom is -0.115 e. The standard InChI is InChI=1S/C19H18Si/c1-5-17-15-19(20(2,3)4)14-13-18(17)12-11-16-9-7-6-8-10-16/h1,6-10,13-15H,2-4H3. The zero-order chi connectivity index (χ0) is 14.6. The van der Waals surface area contributed by atoms with Gasteiger partial charge in [0.25, 0.3) is 0 Å². The quantitative estimate of drug-likeness (QED) is 0.550. The van der Waals surface area contributed by atoms with E-state index < -0.39 is 8.07 Å². The van der Waals surface area contributed by atoms with Crippen LogP contribution >= 0.6 is 0 Å². The lowest BCUT2D eigenvalue weighted by Gasteiger charge is -2.17. The van der Waals surface area contributed by atoms with Crippen LogP contribution in [0.15, 0.2) is 48.5 Å². The normalized spacial score (nSPS) is 10.3. The topological polar surface area (TPSA) is 0 Å². The van der Waals surface area contributed by atoms with E-state index in [0.29, 0.717) is 0 Å². The molecule has 98 valence electrons. The van der Waals surface area contributed by atoms with Crippen LogP contribution < -0.4 is 5.19 Å². The number of benzene rings is 2. The molecule has 0 nitrogen and oxygen atoms in total. The van der Waals surface area contributed by atoms with E-state index in [1.54, 1.807) is 0 Å². The van der Waals surface area contributed by atoms with Gasteiger partial charge < -0.3 is 0 Å². The van der Waals surface area contributed by atoms with Crippen LogP contribution in [0.25, 0.3) is 0 Å². The van der Waals surface area contributed by atoms with Gasteiger partial charge >= 0.3 is 0 Å². The molecule has 0 saturated carbocycles. The Morgan fingerprint density at radius 2 is 1.55 bits per heavy atom. The van der Waals surface area contributed by atoms with Gasteiger partial charge in [-0.05, 0) is 24.3 Å². The van der Waals surface area contributed by atoms with Gasteiger partial charge in [-0.1, -0.05) is 66.9 Å². The van der Waals surface area contributed by atoms with Gasteiger partial charge in [-0.2, -0.15) is 0 Å². The molecule has 0 aliphatic carbocycles. The third kappa shape index (κ3) is 3.41. The molecule has 0 radical (unpaired) electrons. The highest BCUT2D eigenvalue weighted by atomic mass is 28.3. The Balaban J connectivity index is 2.40. The maximum absolute atomic E-state index is 5.63. The van der Waals surface area contributed by atoms with E-state index in [2.05, 4.69) is 55.6 Å². The largest absolute Gasteiger partial charge is 0.115 e. The summed E-state index contributed by atoms with van der Waals surface area (Å²) in [5, 5.41) is 1.37. The van der Waals surface area contributed by atoms with Crippen molar-refractivity contribution in [2.24, 2.45) is 0 Å². The molecule has 0 atom stereocenters. The molecule has 2 aromatic rings. The van der Waals surface area contributed by atoms with Gasteiger partial charge in [-0.25, -0.2) is 0 Å². The van der Waals surface area contributed by atoms with Gasteiger partial charge in [-0.3, -0.25) is 0 Å². The molecule has 0 spiro atoms. The van der Waals surface area contributed by atoms with Crippen molar-refractivity contribution in [2.75, 3.05) is 0 Å². The van der Waals surface area contributed by atoms with Gasteiger partial charge in [0.15, 0.2) is 0 Å². The molecule has 2 rings (SSSR count). The van der Waals surface area contributed by atoms with E-state index in [4.69, 9.17) is 6.42 Å². The minimum atomic E-state index is -1.33. The second-order valence-electron chi connectivity index (χ2n) is 5.77. The van der Waals surface area contributed by atoms with E-state index in [9.17, 15) is 0 Å². The SMILES string of the molecule is C#Cc1cc([Si](C)(C)C)ccc1C#Cc1ccccc1. The number of rotatable bonds is 1. The molecule has 0 aliphatic heterocycles. The fourth-order valence-corrected chi connectivity index (χ4v) is 3.06. The zero-order valence-corrected chi connectivity index (χ0v) is 13.2. The lowest BCUT2D eigenvalue weighted by atomic mass is 10.1. The van der Waals surface area contributed by atoms with E-state index in [-0.39, 0.29) is 0 Å². The van der Waals surface area contributed by atoms with E-state index in [1.165, 1.54) is 5.19 Å². The van der Waals surface area contributed by atoms with Gasteiger partial charge in [0, 0.05) is 16.7 Å². The molecule has 0 amide bonds. The molecule has 2 aromatic carbocycles. The highest BCUT2D eigenvalue weighted by molar-refractivity contribution is 6.88. The molecule has 0 fully saturated rings. The molecule has 0 unspecified atom stereocenters. The smallest absolute Gasteiger partial charge is 0.0776 e. The summed E-state index contributed by atoms with van der Waals surface area (Å²) >= 11 is 0. The summed E-state index contributed by atoms with van der Waals surface area (Å²) in [4.78, 5) is 0. The second-order valence-corrected chi connectivity index (χ2v) is 10.8. The molecule has 0 saturated heterocycles. The minimum absolute atomic E-state index is 0.897. The van der Waals surface area contributed by atoms with Crippen LogP contribution in [0.5, 0.6) is 0 Å². The highest BCUT2D eigenvalue weighted by Gasteiger charge is 2.16. The summed E-state index contributed by atoms with van der Waals surface area (Å²) in [7, 11) is -1.33. The average Bonchev–Trinajstić information content (AvgIpc) is 2.45. The predicted octanol–water partition coefficient (Wildman–Crippen LogP) is 3.61. The monoisotopic (exact) mass is 274 g/mol. The molecule has 0 aliphatic rings. The summed E-state index contributed by atoms with van der Waals surface area (Å²) in [6, 6.07) is 16.3. The number of terminal acetylenes is 1. The van der Waals surface area contributed by atoms with Crippen LogP contribution in [-0.4, -0.2) is 8.07 Å². The van der Waals surface area contributed by atoms with Crippen LogP contribution in [-0.2, 0) is 0 Å². The van der Waals surface area contributed by atoms with Crippen LogP contribution in [0.4, 0.5) is 0 Å². The highest BCUT2D eigenvalue weighted by Crippen LogP contribution is 2.09. The van der Waals surface area contributed by atoms with Crippen molar-refractivity contribution in [3.8, 4) is 24.2 Å². The zero-order valence-electron chi connectivity index (χ0n) is 12.2. The molecular formula is C19H18Si. The Kier molecular flexibility index (Phi) is 4.13. The van der Waals surface area contributed by atoms with Crippen molar-refractivity contribution in [1.29, 1.82) is 0 Å². The van der Waals surface area contributed by atoms with E-state index in [0.717, 1.165) is 16.7 Å².